The van der Waals surface area contributed by atoms with E-state index in [1.54, 1.807) is 6.07 Å². The quantitative estimate of drug-likeness (QED) is 0.742. The van der Waals surface area contributed by atoms with Crippen molar-refractivity contribution in [1.29, 1.82) is 0 Å². The zero-order valence-corrected chi connectivity index (χ0v) is 8.27. The summed E-state index contributed by atoms with van der Waals surface area (Å²) in [5, 5.41) is 11.5. The van der Waals surface area contributed by atoms with Gasteiger partial charge in [0, 0.05) is 17.5 Å². The molecule has 0 fully saturated rings. The van der Waals surface area contributed by atoms with Crippen molar-refractivity contribution >= 4 is 22.8 Å². The zero-order chi connectivity index (χ0) is 11.5. The van der Waals surface area contributed by atoms with Gasteiger partial charge in [-0.2, -0.15) is 0 Å². The number of amides is 1. The fourth-order valence-electron chi connectivity index (χ4n) is 1.42. The minimum absolute atomic E-state index is 0.141. The van der Waals surface area contributed by atoms with E-state index in [9.17, 15) is 9.59 Å². The predicted molar refractivity (Wildman–Crippen MR) is 55.7 cm³/mol. The van der Waals surface area contributed by atoms with E-state index >= 15 is 0 Å². The Bertz CT molecular complexity index is 544. The highest BCUT2D eigenvalue weighted by atomic mass is 16.4. The van der Waals surface area contributed by atoms with Gasteiger partial charge in [-0.1, -0.05) is 18.2 Å². The molecule has 82 valence electrons. The van der Waals surface area contributed by atoms with Crippen LogP contribution in [0.5, 0.6) is 0 Å². The van der Waals surface area contributed by atoms with Crippen LogP contribution in [0.15, 0.2) is 34.9 Å². The fraction of sp³-hybridized carbons (Fsp3) is 0.0909. The van der Waals surface area contributed by atoms with Gasteiger partial charge in [-0.3, -0.25) is 4.79 Å². The molecule has 2 aromatic rings. The predicted octanol–water partition coefficient (Wildman–Crippen LogP) is 1.13. The maximum atomic E-state index is 10.8. The number of aliphatic carboxylic acids is 1. The second-order valence-corrected chi connectivity index (χ2v) is 3.24. The molecule has 2 N–H and O–H groups in total. The van der Waals surface area contributed by atoms with Crippen molar-refractivity contribution in [2.45, 2.75) is 6.54 Å². The van der Waals surface area contributed by atoms with Gasteiger partial charge in [0.05, 0.1) is 6.26 Å². The number of para-hydroxylation sites is 1. The molecule has 16 heavy (non-hydrogen) atoms. The summed E-state index contributed by atoms with van der Waals surface area (Å²) in [5.41, 5.74) is 1.47. The first-order valence-corrected chi connectivity index (χ1v) is 4.64. The summed E-state index contributed by atoms with van der Waals surface area (Å²) < 4.78 is 5.24. The molecule has 5 heteroatoms. The Morgan fingerprint density at radius 2 is 2.06 bits per heavy atom. The van der Waals surface area contributed by atoms with Crippen molar-refractivity contribution in [1.82, 2.24) is 5.32 Å². The molecule has 1 aromatic heterocycles. The molecule has 0 aliphatic carbocycles. The van der Waals surface area contributed by atoms with Gasteiger partial charge >= 0.3 is 11.9 Å². The second-order valence-electron chi connectivity index (χ2n) is 3.24. The topological polar surface area (TPSA) is 79.5 Å². The SMILES string of the molecule is O=C(O)C(=O)NCc1coc2ccccc12. The van der Waals surface area contributed by atoms with Crippen LogP contribution in [0, 0.1) is 0 Å². The molecule has 2 rings (SSSR count). The Morgan fingerprint density at radius 3 is 2.81 bits per heavy atom. The first-order valence-electron chi connectivity index (χ1n) is 4.64. The van der Waals surface area contributed by atoms with E-state index in [-0.39, 0.29) is 6.54 Å². The normalized spacial score (nSPS) is 10.2. The van der Waals surface area contributed by atoms with Crippen LogP contribution < -0.4 is 5.32 Å². The number of carbonyl (C=O) groups excluding carboxylic acids is 1. The Hall–Kier alpha value is -2.30. The lowest BCUT2D eigenvalue weighted by molar-refractivity contribution is -0.150. The summed E-state index contributed by atoms with van der Waals surface area (Å²) in [6, 6.07) is 7.34. The number of carboxylic acid groups (broad SMARTS) is 1. The molecule has 0 saturated heterocycles. The smallest absolute Gasteiger partial charge is 0.394 e. The molecule has 0 radical (unpaired) electrons. The standard InChI is InChI=1S/C11H9NO4/c13-10(11(14)15)12-5-7-6-16-9-4-2-1-3-8(7)9/h1-4,6H,5H2,(H,12,13)(H,14,15). The molecule has 0 bridgehead atoms. The van der Waals surface area contributed by atoms with Crippen LogP contribution in [-0.2, 0) is 16.1 Å². The Morgan fingerprint density at radius 1 is 1.31 bits per heavy atom. The fourth-order valence-corrected chi connectivity index (χ4v) is 1.42. The first kappa shape index (κ1) is 10.2. The van der Waals surface area contributed by atoms with Gasteiger partial charge in [-0.15, -0.1) is 0 Å². The highest BCUT2D eigenvalue weighted by molar-refractivity contribution is 6.31. The Labute approximate surface area is 90.7 Å². The van der Waals surface area contributed by atoms with Crippen molar-refractivity contribution in [3.63, 3.8) is 0 Å². The molecular weight excluding hydrogens is 210 g/mol. The number of rotatable bonds is 2. The van der Waals surface area contributed by atoms with Crippen LogP contribution in [0.1, 0.15) is 5.56 Å². The molecule has 0 aliphatic heterocycles. The van der Waals surface area contributed by atoms with Gasteiger partial charge in [0.15, 0.2) is 0 Å². The van der Waals surface area contributed by atoms with E-state index in [0.29, 0.717) is 5.58 Å². The van der Waals surface area contributed by atoms with Gasteiger partial charge in [-0.25, -0.2) is 4.79 Å². The average molecular weight is 219 g/mol. The van der Waals surface area contributed by atoms with Crippen LogP contribution in [-0.4, -0.2) is 17.0 Å². The van der Waals surface area contributed by atoms with Crippen molar-refractivity contribution < 1.29 is 19.1 Å². The van der Waals surface area contributed by atoms with Crippen LogP contribution in [0.4, 0.5) is 0 Å². The molecule has 5 nitrogen and oxygen atoms in total. The monoisotopic (exact) mass is 219 g/mol. The Kier molecular flexibility index (Phi) is 2.59. The number of hydrogen-bond acceptors (Lipinski definition) is 3. The van der Waals surface area contributed by atoms with Gasteiger partial charge in [0.25, 0.3) is 0 Å². The molecule has 0 spiro atoms. The average Bonchev–Trinajstić information content (AvgIpc) is 2.69. The van der Waals surface area contributed by atoms with Crippen LogP contribution in [0.25, 0.3) is 11.0 Å². The van der Waals surface area contributed by atoms with Crippen molar-refractivity contribution in [3.05, 3.63) is 36.1 Å². The van der Waals surface area contributed by atoms with E-state index in [4.69, 9.17) is 9.52 Å². The molecule has 0 atom stereocenters. The minimum atomic E-state index is -1.49. The lowest BCUT2D eigenvalue weighted by Gasteiger charge is -1.99. The molecule has 1 heterocycles. The number of carbonyl (C=O) groups is 2. The molecule has 0 unspecified atom stereocenters. The largest absolute Gasteiger partial charge is 0.474 e. The summed E-state index contributed by atoms with van der Waals surface area (Å²) in [5.74, 6) is -2.52. The number of hydrogen-bond donors (Lipinski definition) is 2. The van der Waals surface area contributed by atoms with Crippen LogP contribution in [0.3, 0.4) is 0 Å². The van der Waals surface area contributed by atoms with Gasteiger partial charge < -0.3 is 14.8 Å². The van der Waals surface area contributed by atoms with E-state index in [0.717, 1.165) is 10.9 Å². The van der Waals surface area contributed by atoms with Crippen molar-refractivity contribution in [3.8, 4) is 0 Å². The highest BCUT2D eigenvalue weighted by Gasteiger charge is 2.11. The van der Waals surface area contributed by atoms with Crippen LogP contribution in [0.2, 0.25) is 0 Å². The number of nitrogens with one attached hydrogen (secondary N) is 1. The van der Waals surface area contributed by atoms with Gasteiger partial charge in [0.1, 0.15) is 5.58 Å². The lowest BCUT2D eigenvalue weighted by Crippen LogP contribution is -2.29. The van der Waals surface area contributed by atoms with Crippen LogP contribution >= 0.6 is 0 Å². The molecule has 1 amide bonds. The van der Waals surface area contributed by atoms with E-state index in [1.807, 2.05) is 18.2 Å². The van der Waals surface area contributed by atoms with E-state index in [1.165, 1.54) is 6.26 Å². The summed E-state index contributed by atoms with van der Waals surface area (Å²) in [6.45, 7) is 0.141. The lowest BCUT2D eigenvalue weighted by atomic mass is 10.2. The van der Waals surface area contributed by atoms with Crippen molar-refractivity contribution in [2.24, 2.45) is 0 Å². The minimum Gasteiger partial charge on any atom is -0.474 e. The second kappa shape index (κ2) is 4.06. The van der Waals surface area contributed by atoms with Gasteiger partial charge in [0.2, 0.25) is 0 Å². The highest BCUT2D eigenvalue weighted by Crippen LogP contribution is 2.20. The summed E-state index contributed by atoms with van der Waals surface area (Å²) in [7, 11) is 0. The van der Waals surface area contributed by atoms with E-state index < -0.39 is 11.9 Å². The molecule has 0 aliphatic rings. The van der Waals surface area contributed by atoms with Crippen molar-refractivity contribution in [2.75, 3.05) is 0 Å². The first-order chi connectivity index (χ1) is 7.68. The summed E-state index contributed by atoms with van der Waals surface area (Å²) in [6.07, 6.45) is 1.51. The number of benzene rings is 1. The maximum Gasteiger partial charge on any atom is 0.394 e. The molecular formula is C11H9NO4. The summed E-state index contributed by atoms with van der Waals surface area (Å²) in [4.78, 5) is 21.1. The zero-order valence-electron chi connectivity index (χ0n) is 8.27. The number of carboxylic acids is 1. The number of furan rings is 1. The van der Waals surface area contributed by atoms with Gasteiger partial charge in [-0.05, 0) is 6.07 Å². The third-order valence-electron chi connectivity index (χ3n) is 2.19. The van der Waals surface area contributed by atoms with E-state index in [2.05, 4.69) is 5.32 Å². The number of fused-ring (bicyclic) bond motifs is 1. The molecule has 1 aromatic carbocycles. The third-order valence-corrected chi connectivity index (χ3v) is 2.19. The third kappa shape index (κ3) is 1.88. The maximum absolute atomic E-state index is 10.8. The molecule has 0 saturated carbocycles. The Balaban J connectivity index is 2.16. The summed E-state index contributed by atoms with van der Waals surface area (Å²) >= 11 is 0.